The fraction of sp³-hybridized carbons (Fsp3) is 0.409. The predicted molar refractivity (Wildman–Crippen MR) is 125 cm³/mol. The summed E-state index contributed by atoms with van der Waals surface area (Å²) >= 11 is 7.32. The Morgan fingerprint density at radius 2 is 2.16 bits per heavy atom. The number of anilines is 1. The van der Waals surface area contributed by atoms with Gasteiger partial charge in [0.05, 0.1) is 16.3 Å². The SMILES string of the molecule is Cc1sc2nc(CCC(=O)N3CCCC(C(=O)Nc4ccc(Cl)cn4)C3)[nH]c(=O)c2c1C. The first-order chi connectivity index (χ1) is 15.3. The molecular formula is C22H24ClN5O3S. The first-order valence-electron chi connectivity index (χ1n) is 10.5. The Bertz CT molecular complexity index is 1220. The fourth-order valence-corrected chi connectivity index (χ4v) is 5.06. The van der Waals surface area contributed by atoms with Crippen LogP contribution in [0.4, 0.5) is 5.82 Å². The van der Waals surface area contributed by atoms with Crippen LogP contribution in [0.15, 0.2) is 23.1 Å². The van der Waals surface area contributed by atoms with Gasteiger partial charge in [-0.05, 0) is 44.4 Å². The molecule has 0 saturated carbocycles. The molecule has 1 unspecified atom stereocenters. The molecule has 0 bridgehead atoms. The predicted octanol–water partition coefficient (Wildman–Crippen LogP) is 3.46. The second kappa shape index (κ2) is 9.38. The number of amides is 2. The van der Waals surface area contributed by atoms with Crippen LogP contribution in [0.25, 0.3) is 10.2 Å². The molecule has 4 rings (SSSR count). The molecule has 8 nitrogen and oxygen atoms in total. The number of hydrogen-bond donors (Lipinski definition) is 2. The van der Waals surface area contributed by atoms with E-state index in [0.29, 0.717) is 52.8 Å². The molecule has 1 aliphatic rings. The molecule has 2 amide bonds. The highest BCUT2D eigenvalue weighted by atomic mass is 35.5. The van der Waals surface area contributed by atoms with Crippen molar-refractivity contribution < 1.29 is 9.59 Å². The highest BCUT2D eigenvalue weighted by Crippen LogP contribution is 2.26. The molecule has 3 aromatic heterocycles. The van der Waals surface area contributed by atoms with Crippen LogP contribution in [0.5, 0.6) is 0 Å². The summed E-state index contributed by atoms with van der Waals surface area (Å²) in [7, 11) is 0. The first kappa shape index (κ1) is 22.4. The molecule has 1 aliphatic heterocycles. The quantitative estimate of drug-likeness (QED) is 0.590. The number of thiophene rings is 1. The van der Waals surface area contributed by atoms with Crippen molar-refractivity contribution in [2.75, 3.05) is 18.4 Å². The van der Waals surface area contributed by atoms with Crippen molar-refractivity contribution in [2.24, 2.45) is 5.92 Å². The summed E-state index contributed by atoms with van der Waals surface area (Å²) in [6.07, 6.45) is 3.52. The molecule has 32 heavy (non-hydrogen) atoms. The molecule has 10 heteroatoms. The van der Waals surface area contributed by atoms with E-state index in [1.54, 1.807) is 17.0 Å². The number of piperidine rings is 1. The fourth-order valence-electron chi connectivity index (χ4n) is 3.90. The number of hydrogen-bond acceptors (Lipinski definition) is 6. The Kier molecular flexibility index (Phi) is 6.57. The zero-order valence-electron chi connectivity index (χ0n) is 17.9. The van der Waals surface area contributed by atoms with Crippen molar-refractivity contribution in [1.82, 2.24) is 19.9 Å². The maximum absolute atomic E-state index is 12.8. The molecule has 1 atom stereocenters. The van der Waals surface area contributed by atoms with Crippen molar-refractivity contribution in [3.8, 4) is 0 Å². The van der Waals surface area contributed by atoms with Gasteiger partial charge in [-0.15, -0.1) is 11.3 Å². The lowest BCUT2D eigenvalue weighted by molar-refractivity contribution is -0.134. The van der Waals surface area contributed by atoms with E-state index >= 15 is 0 Å². The van der Waals surface area contributed by atoms with Crippen LogP contribution in [0.1, 0.15) is 35.5 Å². The summed E-state index contributed by atoms with van der Waals surface area (Å²) in [6.45, 7) is 4.87. The van der Waals surface area contributed by atoms with Gasteiger partial charge in [-0.3, -0.25) is 14.4 Å². The number of nitrogens with zero attached hydrogens (tertiary/aromatic N) is 3. The summed E-state index contributed by atoms with van der Waals surface area (Å²) in [5, 5.41) is 3.92. The van der Waals surface area contributed by atoms with Crippen molar-refractivity contribution >= 4 is 50.8 Å². The van der Waals surface area contributed by atoms with Crippen LogP contribution in [0, 0.1) is 19.8 Å². The summed E-state index contributed by atoms with van der Waals surface area (Å²) in [4.78, 5) is 52.8. The van der Waals surface area contributed by atoms with Crippen molar-refractivity contribution in [3.63, 3.8) is 0 Å². The van der Waals surface area contributed by atoms with Gasteiger partial charge in [0.25, 0.3) is 5.56 Å². The lowest BCUT2D eigenvalue weighted by atomic mass is 9.96. The van der Waals surface area contributed by atoms with Gasteiger partial charge in [0.2, 0.25) is 11.8 Å². The number of H-pyrrole nitrogens is 1. The maximum atomic E-state index is 12.8. The topological polar surface area (TPSA) is 108 Å². The number of fused-ring (bicyclic) bond motifs is 1. The number of likely N-dealkylation sites (tertiary alicyclic amines) is 1. The Balaban J connectivity index is 1.36. The lowest BCUT2D eigenvalue weighted by Gasteiger charge is -2.32. The van der Waals surface area contributed by atoms with Gasteiger partial charge in [-0.1, -0.05) is 11.6 Å². The first-order valence-corrected chi connectivity index (χ1v) is 11.7. The van der Waals surface area contributed by atoms with Gasteiger partial charge >= 0.3 is 0 Å². The summed E-state index contributed by atoms with van der Waals surface area (Å²) in [5.41, 5.74) is 0.789. The molecule has 2 N–H and O–H groups in total. The Morgan fingerprint density at radius 3 is 2.91 bits per heavy atom. The van der Waals surface area contributed by atoms with E-state index in [0.717, 1.165) is 16.9 Å². The van der Waals surface area contributed by atoms with E-state index in [4.69, 9.17) is 11.6 Å². The number of aromatic nitrogens is 3. The van der Waals surface area contributed by atoms with Gasteiger partial charge in [0.15, 0.2) is 0 Å². The van der Waals surface area contributed by atoms with Gasteiger partial charge < -0.3 is 15.2 Å². The third-order valence-corrected chi connectivity index (χ3v) is 7.11. The van der Waals surface area contributed by atoms with E-state index in [1.165, 1.54) is 17.5 Å². The number of carbonyl (C=O) groups is 2. The molecule has 168 valence electrons. The standard InChI is InChI=1S/C22H24ClN5O3S/c1-12-13(2)32-22-19(12)21(31)26-17(27-22)7-8-18(29)28-9-3-4-14(11-28)20(30)25-16-6-5-15(23)10-24-16/h5-6,10,14H,3-4,7-9,11H2,1-2H3,(H,24,25,30)(H,26,27,31). The molecule has 0 aliphatic carbocycles. The van der Waals surface area contributed by atoms with Crippen molar-refractivity contribution in [2.45, 2.75) is 39.5 Å². The Labute approximate surface area is 194 Å². The monoisotopic (exact) mass is 473 g/mol. The van der Waals surface area contributed by atoms with E-state index in [1.807, 2.05) is 13.8 Å². The third-order valence-electron chi connectivity index (χ3n) is 5.79. The Hall–Kier alpha value is -2.78. The zero-order chi connectivity index (χ0) is 22.8. The number of carbonyl (C=O) groups excluding carboxylic acids is 2. The van der Waals surface area contributed by atoms with Gasteiger partial charge in [0, 0.05) is 37.0 Å². The van der Waals surface area contributed by atoms with Crippen LogP contribution in [-0.4, -0.2) is 44.8 Å². The summed E-state index contributed by atoms with van der Waals surface area (Å²) in [5.74, 6) is 0.451. The second-order valence-corrected chi connectivity index (χ2v) is 9.65. The van der Waals surface area contributed by atoms with Crippen LogP contribution in [0.2, 0.25) is 5.02 Å². The lowest BCUT2D eigenvalue weighted by Crippen LogP contribution is -2.44. The van der Waals surface area contributed by atoms with E-state index in [2.05, 4.69) is 20.3 Å². The smallest absolute Gasteiger partial charge is 0.259 e. The maximum Gasteiger partial charge on any atom is 0.259 e. The van der Waals surface area contributed by atoms with Crippen LogP contribution >= 0.6 is 22.9 Å². The minimum Gasteiger partial charge on any atom is -0.342 e. The van der Waals surface area contributed by atoms with Crippen molar-refractivity contribution in [1.29, 1.82) is 0 Å². The van der Waals surface area contributed by atoms with E-state index in [9.17, 15) is 14.4 Å². The minimum atomic E-state index is -0.295. The van der Waals surface area contributed by atoms with E-state index in [-0.39, 0.29) is 29.7 Å². The second-order valence-electron chi connectivity index (χ2n) is 8.01. The molecule has 3 aromatic rings. The average molecular weight is 474 g/mol. The molecule has 0 aromatic carbocycles. The number of halogens is 1. The number of aromatic amines is 1. The number of rotatable bonds is 5. The molecule has 1 saturated heterocycles. The third kappa shape index (κ3) is 4.83. The molecule has 0 radical (unpaired) electrons. The van der Waals surface area contributed by atoms with Gasteiger partial charge in [0.1, 0.15) is 16.5 Å². The molecular weight excluding hydrogens is 450 g/mol. The van der Waals surface area contributed by atoms with Crippen molar-refractivity contribution in [3.05, 3.63) is 50.0 Å². The number of pyridine rings is 1. The molecule has 4 heterocycles. The number of nitrogens with one attached hydrogen (secondary N) is 2. The van der Waals surface area contributed by atoms with Crippen LogP contribution < -0.4 is 10.9 Å². The Morgan fingerprint density at radius 1 is 1.34 bits per heavy atom. The zero-order valence-corrected chi connectivity index (χ0v) is 19.5. The minimum absolute atomic E-state index is 0.0478. The normalized spacial score (nSPS) is 16.3. The summed E-state index contributed by atoms with van der Waals surface area (Å²) in [6, 6.07) is 3.31. The highest BCUT2D eigenvalue weighted by molar-refractivity contribution is 7.18. The van der Waals surface area contributed by atoms with Gasteiger partial charge in [-0.25, -0.2) is 9.97 Å². The highest BCUT2D eigenvalue weighted by Gasteiger charge is 2.28. The molecule has 1 fully saturated rings. The summed E-state index contributed by atoms with van der Waals surface area (Å²) < 4.78 is 0. The number of aryl methyl sites for hydroxylation is 3. The largest absolute Gasteiger partial charge is 0.342 e. The van der Waals surface area contributed by atoms with Crippen LogP contribution in [0.3, 0.4) is 0 Å². The van der Waals surface area contributed by atoms with Crippen LogP contribution in [-0.2, 0) is 16.0 Å². The molecule has 0 spiro atoms. The average Bonchev–Trinajstić information content (AvgIpc) is 3.07. The van der Waals surface area contributed by atoms with E-state index < -0.39 is 0 Å². The van der Waals surface area contributed by atoms with Gasteiger partial charge in [-0.2, -0.15) is 0 Å².